The quantitative estimate of drug-likeness (QED) is 0.469. The zero-order valence-corrected chi connectivity index (χ0v) is 12.0. The fourth-order valence-electron chi connectivity index (χ4n) is 3.85. The molecule has 21 heavy (non-hydrogen) atoms. The highest BCUT2D eigenvalue weighted by atomic mass is 16.5. The molecule has 2 nitrogen and oxygen atoms in total. The molecule has 0 radical (unpaired) electrons. The highest BCUT2D eigenvalue weighted by Gasteiger charge is 2.60. The van der Waals surface area contributed by atoms with Gasteiger partial charge in [-0.1, -0.05) is 43.3 Å². The maximum Gasteiger partial charge on any atom is 0.339 e. The zero-order valence-electron chi connectivity index (χ0n) is 12.0. The summed E-state index contributed by atoms with van der Waals surface area (Å²) < 4.78 is 5.55. The summed E-state index contributed by atoms with van der Waals surface area (Å²) in [5.74, 6) is 1.02. The number of ether oxygens (including phenoxy) is 1. The van der Waals surface area contributed by atoms with E-state index in [9.17, 15) is 4.79 Å². The van der Waals surface area contributed by atoms with Crippen molar-refractivity contribution in [1.29, 1.82) is 0 Å². The van der Waals surface area contributed by atoms with E-state index in [2.05, 4.69) is 6.58 Å². The Bertz CT molecular complexity index is 746. The van der Waals surface area contributed by atoms with Gasteiger partial charge in [-0.15, -0.1) is 0 Å². The first-order chi connectivity index (χ1) is 10.2. The van der Waals surface area contributed by atoms with Crippen LogP contribution in [0.4, 0.5) is 0 Å². The molecule has 0 aliphatic heterocycles. The maximum atomic E-state index is 12.3. The predicted octanol–water partition coefficient (Wildman–Crippen LogP) is 4.49. The lowest BCUT2D eigenvalue weighted by atomic mass is 9.94. The second-order valence-corrected chi connectivity index (χ2v) is 6.33. The van der Waals surface area contributed by atoms with Crippen molar-refractivity contribution in [2.45, 2.75) is 25.7 Å². The zero-order chi connectivity index (χ0) is 14.4. The Labute approximate surface area is 124 Å². The SMILES string of the molecule is C=C(C(=O)Oc1ccc2ccccc2c1)C12CCCC1C2. The molecule has 2 heteroatoms. The van der Waals surface area contributed by atoms with Gasteiger partial charge in [0.05, 0.1) is 0 Å². The number of hydrogen-bond acceptors (Lipinski definition) is 2. The molecule has 2 aromatic rings. The molecule has 2 aliphatic carbocycles. The number of hydrogen-bond donors (Lipinski definition) is 0. The molecule has 4 rings (SSSR count). The minimum atomic E-state index is -0.255. The largest absolute Gasteiger partial charge is 0.423 e. The molecule has 0 saturated heterocycles. The Kier molecular flexibility index (Phi) is 2.68. The topological polar surface area (TPSA) is 26.3 Å². The fourth-order valence-corrected chi connectivity index (χ4v) is 3.85. The van der Waals surface area contributed by atoms with Gasteiger partial charge in [-0.25, -0.2) is 4.79 Å². The number of carbonyl (C=O) groups excluding carboxylic acids is 1. The Morgan fingerprint density at radius 2 is 2.00 bits per heavy atom. The highest BCUT2D eigenvalue weighted by Crippen LogP contribution is 2.67. The van der Waals surface area contributed by atoms with E-state index >= 15 is 0 Å². The minimum Gasteiger partial charge on any atom is -0.423 e. The van der Waals surface area contributed by atoms with E-state index in [1.807, 2.05) is 42.5 Å². The summed E-state index contributed by atoms with van der Waals surface area (Å²) in [6, 6.07) is 13.8. The molecule has 2 unspecified atom stereocenters. The molecule has 0 N–H and O–H groups in total. The van der Waals surface area contributed by atoms with Crippen LogP contribution in [0.1, 0.15) is 25.7 Å². The lowest BCUT2D eigenvalue weighted by molar-refractivity contribution is -0.130. The molecule has 0 bridgehead atoms. The van der Waals surface area contributed by atoms with Crippen LogP contribution in [0.3, 0.4) is 0 Å². The number of benzene rings is 2. The Morgan fingerprint density at radius 1 is 1.19 bits per heavy atom. The Morgan fingerprint density at radius 3 is 2.71 bits per heavy atom. The van der Waals surface area contributed by atoms with Crippen molar-refractivity contribution in [2.75, 3.05) is 0 Å². The van der Waals surface area contributed by atoms with Crippen molar-refractivity contribution in [2.24, 2.45) is 11.3 Å². The Hall–Kier alpha value is -2.09. The molecule has 106 valence electrons. The first kappa shape index (κ1) is 12.6. The first-order valence-corrected chi connectivity index (χ1v) is 7.59. The molecule has 2 fully saturated rings. The van der Waals surface area contributed by atoms with E-state index in [4.69, 9.17) is 4.74 Å². The fraction of sp³-hybridized carbons (Fsp3) is 0.316. The maximum absolute atomic E-state index is 12.3. The summed E-state index contributed by atoms with van der Waals surface area (Å²) >= 11 is 0. The second kappa shape index (κ2) is 4.45. The number of fused-ring (bicyclic) bond motifs is 2. The highest BCUT2D eigenvalue weighted by molar-refractivity contribution is 5.93. The summed E-state index contributed by atoms with van der Waals surface area (Å²) in [4.78, 5) is 12.3. The minimum absolute atomic E-state index is 0.0773. The second-order valence-electron chi connectivity index (χ2n) is 6.33. The lowest BCUT2D eigenvalue weighted by Gasteiger charge is -2.14. The van der Waals surface area contributed by atoms with Gasteiger partial charge in [-0.05, 0) is 48.1 Å². The molecule has 2 saturated carbocycles. The van der Waals surface area contributed by atoms with Gasteiger partial charge in [-0.3, -0.25) is 0 Å². The van der Waals surface area contributed by atoms with Gasteiger partial charge in [0.1, 0.15) is 5.75 Å². The molecule has 0 aromatic heterocycles. The van der Waals surface area contributed by atoms with Crippen LogP contribution in [0.2, 0.25) is 0 Å². The van der Waals surface area contributed by atoms with Gasteiger partial charge in [0, 0.05) is 11.0 Å². The van der Waals surface area contributed by atoms with Crippen LogP contribution in [0.5, 0.6) is 5.75 Å². The van der Waals surface area contributed by atoms with E-state index in [0.717, 1.165) is 23.6 Å². The van der Waals surface area contributed by atoms with Crippen LogP contribution in [0.25, 0.3) is 10.8 Å². The van der Waals surface area contributed by atoms with Gasteiger partial charge < -0.3 is 4.74 Å². The van der Waals surface area contributed by atoms with Crippen LogP contribution in [0, 0.1) is 11.3 Å². The number of esters is 1. The third-order valence-corrected chi connectivity index (χ3v) is 5.19. The Balaban J connectivity index is 1.54. The molecule has 0 spiro atoms. The average molecular weight is 278 g/mol. The van der Waals surface area contributed by atoms with Crippen LogP contribution >= 0.6 is 0 Å². The predicted molar refractivity (Wildman–Crippen MR) is 83.1 cm³/mol. The molecular weight excluding hydrogens is 260 g/mol. The molecule has 2 aliphatic rings. The molecule has 0 amide bonds. The van der Waals surface area contributed by atoms with Crippen molar-refractivity contribution >= 4 is 16.7 Å². The molecule has 2 aromatic carbocycles. The normalized spacial score (nSPS) is 26.4. The lowest BCUT2D eigenvalue weighted by Crippen LogP contribution is -2.18. The third-order valence-electron chi connectivity index (χ3n) is 5.19. The van der Waals surface area contributed by atoms with E-state index in [1.165, 1.54) is 12.8 Å². The van der Waals surface area contributed by atoms with Crippen LogP contribution in [0.15, 0.2) is 54.6 Å². The third kappa shape index (κ3) is 1.98. The summed E-state index contributed by atoms with van der Waals surface area (Å²) in [5, 5.41) is 2.23. The monoisotopic (exact) mass is 278 g/mol. The number of carbonyl (C=O) groups is 1. The van der Waals surface area contributed by atoms with Crippen molar-refractivity contribution in [1.82, 2.24) is 0 Å². The van der Waals surface area contributed by atoms with E-state index in [1.54, 1.807) is 0 Å². The van der Waals surface area contributed by atoms with Gasteiger partial charge in [0.2, 0.25) is 0 Å². The van der Waals surface area contributed by atoms with Crippen molar-refractivity contribution in [3.05, 3.63) is 54.6 Å². The van der Waals surface area contributed by atoms with Crippen LogP contribution in [-0.2, 0) is 4.79 Å². The standard InChI is InChI=1S/C19H18O2/c1-13(19-10-4-7-16(19)12-19)18(20)21-17-9-8-14-5-2-3-6-15(14)11-17/h2-3,5-6,8-9,11,16H,1,4,7,10,12H2. The summed E-state index contributed by atoms with van der Waals surface area (Å²) in [6.07, 6.45) is 4.68. The molecule has 0 heterocycles. The van der Waals surface area contributed by atoms with Gasteiger partial charge >= 0.3 is 5.97 Å². The summed E-state index contributed by atoms with van der Waals surface area (Å²) in [7, 11) is 0. The van der Waals surface area contributed by atoms with E-state index < -0.39 is 0 Å². The summed E-state index contributed by atoms with van der Waals surface area (Å²) in [5.41, 5.74) is 0.756. The van der Waals surface area contributed by atoms with Crippen molar-refractivity contribution in [3.63, 3.8) is 0 Å². The van der Waals surface area contributed by atoms with Gasteiger partial charge in [0.15, 0.2) is 0 Å². The van der Waals surface area contributed by atoms with E-state index in [-0.39, 0.29) is 11.4 Å². The molecule has 2 atom stereocenters. The van der Waals surface area contributed by atoms with Crippen molar-refractivity contribution in [3.8, 4) is 5.75 Å². The van der Waals surface area contributed by atoms with Crippen LogP contribution in [-0.4, -0.2) is 5.97 Å². The molecular formula is C19H18O2. The van der Waals surface area contributed by atoms with Crippen LogP contribution < -0.4 is 4.74 Å². The van der Waals surface area contributed by atoms with Crippen molar-refractivity contribution < 1.29 is 9.53 Å². The van der Waals surface area contributed by atoms with E-state index in [0.29, 0.717) is 17.2 Å². The number of rotatable bonds is 3. The van der Waals surface area contributed by atoms with Gasteiger partial charge in [-0.2, -0.15) is 0 Å². The van der Waals surface area contributed by atoms with Gasteiger partial charge in [0.25, 0.3) is 0 Å². The summed E-state index contributed by atoms with van der Waals surface area (Å²) in [6.45, 7) is 4.03. The average Bonchev–Trinajstić information content (AvgIpc) is 3.08. The first-order valence-electron chi connectivity index (χ1n) is 7.59. The smallest absolute Gasteiger partial charge is 0.339 e.